The van der Waals surface area contributed by atoms with Crippen molar-refractivity contribution >= 4 is 11.8 Å². The lowest BCUT2D eigenvalue weighted by atomic mass is 9.99. The number of hydrogen-bond donors (Lipinski definition) is 1. The van der Waals surface area contributed by atoms with Crippen molar-refractivity contribution in [1.29, 1.82) is 0 Å². The first-order chi connectivity index (χ1) is 11.1. The molecule has 0 radical (unpaired) electrons. The maximum Gasteiger partial charge on any atom is 0.222 e. The Morgan fingerprint density at radius 1 is 1.35 bits per heavy atom. The Kier molecular flexibility index (Phi) is 4.60. The van der Waals surface area contributed by atoms with Gasteiger partial charge in [0, 0.05) is 30.8 Å². The Bertz CT molecular complexity index is 659. The first-order valence-corrected chi connectivity index (χ1v) is 7.85. The minimum atomic E-state index is -0.320. The summed E-state index contributed by atoms with van der Waals surface area (Å²) >= 11 is 0. The highest BCUT2D eigenvalue weighted by molar-refractivity contribution is 5.43. The summed E-state index contributed by atoms with van der Waals surface area (Å²) in [5, 5.41) is 0. The van der Waals surface area contributed by atoms with Crippen molar-refractivity contribution in [3.05, 3.63) is 41.8 Å². The van der Waals surface area contributed by atoms with Crippen LogP contribution in [0.4, 0.5) is 16.2 Å². The van der Waals surface area contributed by atoms with Gasteiger partial charge in [-0.25, -0.2) is 9.37 Å². The predicted octanol–water partition coefficient (Wildman–Crippen LogP) is 2.80. The zero-order valence-electron chi connectivity index (χ0n) is 13.2. The Balaban J connectivity index is 1.63. The van der Waals surface area contributed by atoms with Gasteiger partial charge in [-0.3, -0.25) is 0 Å². The fourth-order valence-electron chi connectivity index (χ4n) is 2.92. The SMILES string of the molecule is Cc1cc(N2CCC[C@H](COc3ccccc3F)C2)nc(N)n1. The number of halogens is 1. The number of benzene rings is 1. The molecule has 1 aromatic carbocycles. The molecule has 6 heteroatoms. The van der Waals surface area contributed by atoms with Crippen LogP contribution in [0.1, 0.15) is 18.5 Å². The molecule has 1 aliphatic heterocycles. The first-order valence-electron chi connectivity index (χ1n) is 7.85. The number of hydrogen-bond acceptors (Lipinski definition) is 5. The van der Waals surface area contributed by atoms with Crippen LogP contribution in [0.15, 0.2) is 30.3 Å². The van der Waals surface area contributed by atoms with Gasteiger partial charge < -0.3 is 15.4 Å². The molecule has 122 valence electrons. The van der Waals surface area contributed by atoms with E-state index >= 15 is 0 Å². The van der Waals surface area contributed by atoms with Crippen molar-refractivity contribution < 1.29 is 9.13 Å². The quantitative estimate of drug-likeness (QED) is 0.939. The van der Waals surface area contributed by atoms with Crippen molar-refractivity contribution in [1.82, 2.24) is 9.97 Å². The van der Waals surface area contributed by atoms with Crippen LogP contribution in [0.25, 0.3) is 0 Å². The zero-order chi connectivity index (χ0) is 16.2. The number of nitrogen functional groups attached to an aromatic ring is 1. The lowest BCUT2D eigenvalue weighted by molar-refractivity contribution is 0.220. The summed E-state index contributed by atoms with van der Waals surface area (Å²) in [5.74, 6) is 1.47. The molecule has 3 rings (SSSR count). The van der Waals surface area contributed by atoms with Crippen LogP contribution in [0.3, 0.4) is 0 Å². The number of rotatable bonds is 4. The fourth-order valence-corrected chi connectivity index (χ4v) is 2.92. The van der Waals surface area contributed by atoms with Crippen molar-refractivity contribution in [2.75, 3.05) is 30.3 Å². The van der Waals surface area contributed by atoms with Crippen molar-refractivity contribution in [2.24, 2.45) is 5.92 Å². The van der Waals surface area contributed by atoms with Crippen LogP contribution in [0.5, 0.6) is 5.75 Å². The van der Waals surface area contributed by atoms with Gasteiger partial charge >= 0.3 is 0 Å². The summed E-state index contributed by atoms with van der Waals surface area (Å²) in [4.78, 5) is 10.6. The Hall–Kier alpha value is -2.37. The first kappa shape index (κ1) is 15.5. The fraction of sp³-hybridized carbons (Fsp3) is 0.412. The van der Waals surface area contributed by atoms with Crippen LogP contribution in [0.2, 0.25) is 0 Å². The molecule has 2 heterocycles. The predicted molar refractivity (Wildman–Crippen MR) is 88.0 cm³/mol. The summed E-state index contributed by atoms with van der Waals surface area (Å²) in [6.07, 6.45) is 2.11. The summed E-state index contributed by atoms with van der Waals surface area (Å²) < 4.78 is 19.3. The van der Waals surface area contributed by atoms with E-state index in [0.717, 1.165) is 37.4 Å². The highest BCUT2D eigenvalue weighted by Crippen LogP contribution is 2.24. The van der Waals surface area contributed by atoms with Gasteiger partial charge in [0.25, 0.3) is 0 Å². The number of para-hydroxylation sites is 1. The van der Waals surface area contributed by atoms with Crippen LogP contribution in [0, 0.1) is 18.7 Å². The van der Waals surface area contributed by atoms with E-state index in [1.165, 1.54) is 6.07 Å². The molecule has 0 amide bonds. The molecule has 0 unspecified atom stereocenters. The summed E-state index contributed by atoms with van der Waals surface area (Å²) in [6, 6.07) is 8.44. The molecule has 2 N–H and O–H groups in total. The highest BCUT2D eigenvalue weighted by atomic mass is 19.1. The van der Waals surface area contributed by atoms with E-state index in [4.69, 9.17) is 10.5 Å². The number of aryl methyl sites for hydroxylation is 1. The Labute approximate surface area is 135 Å². The van der Waals surface area contributed by atoms with Gasteiger partial charge in [-0.2, -0.15) is 4.98 Å². The summed E-state index contributed by atoms with van der Waals surface area (Å²) in [7, 11) is 0. The summed E-state index contributed by atoms with van der Waals surface area (Å²) in [6.45, 7) is 4.16. The molecule has 1 aromatic heterocycles. The van der Waals surface area contributed by atoms with Gasteiger partial charge in [-0.1, -0.05) is 12.1 Å². The second kappa shape index (κ2) is 6.81. The van der Waals surface area contributed by atoms with E-state index in [2.05, 4.69) is 14.9 Å². The average Bonchev–Trinajstić information content (AvgIpc) is 2.53. The van der Waals surface area contributed by atoms with E-state index < -0.39 is 0 Å². The molecular formula is C17H21FN4O. The van der Waals surface area contributed by atoms with E-state index in [1.54, 1.807) is 18.2 Å². The van der Waals surface area contributed by atoms with Crippen LogP contribution >= 0.6 is 0 Å². The van der Waals surface area contributed by atoms with Crippen molar-refractivity contribution in [3.63, 3.8) is 0 Å². The lowest BCUT2D eigenvalue weighted by Crippen LogP contribution is -2.38. The van der Waals surface area contributed by atoms with Gasteiger partial charge in [-0.15, -0.1) is 0 Å². The molecule has 0 spiro atoms. The van der Waals surface area contributed by atoms with Gasteiger partial charge in [0.1, 0.15) is 5.82 Å². The van der Waals surface area contributed by atoms with Crippen molar-refractivity contribution in [3.8, 4) is 5.75 Å². The maximum atomic E-state index is 13.6. The number of nitrogens with two attached hydrogens (primary N) is 1. The number of nitrogens with zero attached hydrogens (tertiary/aromatic N) is 3. The molecule has 1 fully saturated rings. The number of aromatic nitrogens is 2. The molecule has 2 aromatic rings. The largest absolute Gasteiger partial charge is 0.490 e. The number of ether oxygens (including phenoxy) is 1. The zero-order valence-corrected chi connectivity index (χ0v) is 13.2. The van der Waals surface area contributed by atoms with Gasteiger partial charge in [-0.05, 0) is 31.9 Å². The minimum Gasteiger partial charge on any atom is -0.490 e. The third-order valence-electron chi connectivity index (χ3n) is 4.01. The van der Waals surface area contributed by atoms with E-state index in [0.29, 0.717) is 24.2 Å². The Morgan fingerprint density at radius 3 is 2.96 bits per heavy atom. The number of piperidine rings is 1. The second-order valence-electron chi connectivity index (χ2n) is 5.92. The highest BCUT2D eigenvalue weighted by Gasteiger charge is 2.22. The van der Waals surface area contributed by atoms with E-state index in [9.17, 15) is 4.39 Å². The molecule has 1 saturated heterocycles. The molecule has 1 aliphatic rings. The van der Waals surface area contributed by atoms with Crippen LogP contribution in [-0.2, 0) is 0 Å². The molecule has 0 saturated carbocycles. The smallest absolute Gasteiger partial charge is 0.222 e. The van der Waals surface area contributed by atoms with Crippen LogP contribution in [-0.4, -0.2) is 29.7 Å². The normalized spacial score (nSPS) is 18.0. The number of anilines is 2. The molecule has 0 bridgehead atoms. The van der Waals surface area contributed by atoms with Gasteiger partial charge in [0.2, 0.25) is 5.95 Å². The third-order valence-corrected chi connectivity index (χ3v) is 4.01. The maximum absolute atomic E-state index is 13.6. The van der Waals surface area contributed by atoms with Crippen LogP contribution < -0.4 is 15.4 Å². The minimum absolute atomic E-state index is 0.296. The molecular weight excluding hydrogens is 295 g/mol. The second-order valence-corrected chi connectivity index (χ2v) is 5.92. The average molecular weight is 316 g/mol. The monoisotopic (exact) mass is 316 g/mol. The van der Waals surface area contributed by atoms with Gasteiger partial charge in [0.05, 0.1) is 6.61 Å². The topological polar surface area (TPSA) is 64.3 Å². The summed E-state index contributed by atoms with van der Waals surface area (Å²) in [5.41, 5.74) is 6.60. The molecule has 1 atom stereocenters. The lowest BCUT2D eigenvalue weighted by Gasteiger charge is -2.33. The van der Waals surface area contributed by atoms with Gasteiger partial charge in [0.15, 0.2) is 11.6 Å². The van der Waals surface area contributed by atoms with E-state index in [-0.39, 0.29) is 5.82 Å². The molecule has 0 aliphatic carbocycles. The standard InChI is InChI=1S/C17H21FN4O/c1-12-9-16(21-17(19)20-12)22-8-4-5-13(10-22)11-23-15-7-3-2-6-14(15)18/h2-3,6-7,9,13H,4-5,8,10-11H2,1H3,(H2,19,20,21)/t13-/m0/s1. The van der Waals surface area contributed by atoms with Crippen molar-refractivity contribution in [2.45, 2.75) is 19.8 Å². The Morgan fingerprint density at radius 2 is 2.17 bits per heavy atom. The third kappa shape index (κ3) is 3.88. The van der Waals surface area contributed by atoms with E-state index in [1.807, 2.05) is 13.0 Å². The molecule has 5 nitrogen and oxygen atoms in total. The molecule has 23 heavy (non-hydrogen) atoms.